The van der Waals surface area contributed by atoms with Gasteiger partial charge in [0, 0.05) is 5.56 Å². The van der Waals surface area contributed by atoms with Gasteiger partial charge in [-0.2, -0.15) is 5.10 Å². The van der Waals surface area contributed by atoms with Crippen LogP contribution in [0.4, 0.5) is 0 Å². The summed E-state index contributed by atoms with van der Waals surface area (Å²) in [5.74, 6) is 2.38. The van der Waals surface area contributed by atoms with E-state index in [1.54, 1.807) is 7.11 Å². The summed E-state index contributed by atoms with van der Waals surface area (Å²) in [5, 5.41) is 7.21. The van der Waals surface area contributed by atoms with Gasteiger partial charge in [-0.25, -0.2) is 0 Å². The quantitative estimate of drug-likeness (QED) is 0.720. The van der Waals surface area contributed by atoms with Crippen LogP contribution in [-0.2, 0) is 0 Å². The lowest BCUT2D eigenvalue weighted by Gasteiger charge is -2.09. The van der Waals surface area contributed by atoms with Crippen molar-refractivity contribution in [3.8, 4) is 28.6 Å². The van der Waals surface area contributed by atoms with E-state index in [1.807, 2.05) is 60.0 Å². The van der Waals surface area contributed by atoms with Crippen molar-refractivity contribution in [2.75, 3.05) is 13.7 Å². The third-order valence-electron chi connectivity index (χ3n) is 3.43. The topological polar surface area (TPSA) is 52.1 Å². The number of hydrogen-bond acceptors (Lipinski definition) is 4. The third kappa shape index (κ3) is 3.12. The molecule has 0 radical (unpaired) electrons. The maximum atomic E-state index is 5.48. The Labute approximate surface area is 139 Å². The second-order valence-corrected chi connectivity index (χ2v) is 5.23. The Balaban J connectivity index is 2.02. The van der Waals surface area contributed by atoms with Gasteiger partial charge in [-0.3, -0.25) is 9.67 Å². The first kappa shape index (κ1) is 15.3. The van der Waals surface area contributed by atoms with Crippen LogP contribution in [0.3, 0.4) is 0 Å². The fourth-order valence-corrected chi connectivity index (χ4v) is 2.57. The van der Waals surface area contributed by atoms with Gasteiger partial charge in [0.05, 0.1) is 19.4 Å². The Morgan fingerprint density at radius 2 is 1.70 bits per heavy atom. The molecule has 118 valence electrons. The van der Waals surface area contributed by atoms with Gasteiger partial charge in [0.15, 0.2) is 10.6 Å². The molecule has 0 aliphatic heterocycles. The van der Waals surface area contributed by atoms with Crippen molar-refractivity contribution < 1.29 is 9.47 Å². The van der Waals surface area contributed by atoms with Gasteiger partial charge in [-0.15, -0.1) is 0 Å². The van der Waals surface area contributed by atoms with Crippen molar-refractivity contribution in [1.29, 1.82) is 0 Å². The van der Waals surface area contributed by atoms with Crippen LogP contribution in [0.2, 0.25) is 0 Å². The second kappa shape index (κ2) is 6.66. The zero-order valence-electron chi connectivity index (χ0n) is 12.9. The molecule has 0 amide bonds. The van der Waals surface area contributed by atoms with E-state index >= 15 is 0 Å². The van der Waals surface area contributed by atoms with E-state index in [1.165, 1.54) is 0 Å². The minimum atomic E-state index is 0.542. The lowest BCUT2D eigenvalue weighted by Crippen LogP contribution is -1.98. The van der Waals surface area contributed by atoms with Gasteiger partial charge in [0.25, 0.3) is 0 Å². The largest absolute Gasteiger partial charge is 0.497 e. The Hall–Kier alpha value is -2.60. The predicted molar refractivity (Wildman–Crippen MR) is 91.9 cm³/mol. The molecular formula is C17H17N3O2S. The summed E-state index contributed by atoms with van der Waals surface area (Å²) in [5.41, 5.74) is 1.88. The second-order valence-electron chi connectivity index (χ2n) is 4.84. The summed E-state index contributed by atoms with van der Waals surface area (Å²) in [6.07, 6.45) is 0. The molecule has 0 saturated heterocycles. The number of H-pyrrole nitrogens is 1. The van der Waals surface area contributed by atoms with Crippen LogP contribution in [0.5, 0.6) is 11.5 Å². The van der Waals surface area contributed by atoms with E-state index in [0.29, 0.717) is 11.4 Å². The molecule has 0 atom stereocenters. The van der Waals surface area contributed by atoms with E-state index in [2.05, 4.69) is 10.2 Å². The lowest BCUT2D eigenvalue weighted by molar-refractivity contribution is 0.340. The van der Waals surface area contributed by atoms with Gasteiger partial charge >= 0.3 is 0 Å². The van der Waals surface area contributed by atoms with Gasteiger partial charge in [-0.05, 0) is 67.7 Å². The van der Waals surface area contributed by atoms with Crippen molar-refractivity contribution in [1.82, 2.24) is 14.8 Å². The molecule has 0 unspecified atom stereocenters. The smallest absolute Gasteiger partial charge is 0.200 e. The fraction of sp³-hybridized carbons (Fsp3) is 0.176. The summed E-state index contributed by atoms with van der Waals surface area (Å²) >= 11 is 5.38. The Morgan fingerprint density at radius 1 is 1.04 bits per heavy atom. The normalized spacial score (nSPS) is 10.5. The fourth-order valence-electron chi connectivity index (χ4n) is 2.33. The maximum absolute atomic E-state index is 5.48. The highest BCUT2D eigenvalue weighted by atomic mass is 32.1. The molecule has 0 spiro atoms. The number of aromatic amines is 1. The molecule has 1 heterocycles. The van der Waals surface area contributed by atoms with Crippen molar-refractivity contribution in [2.45, 2.75) is 6.92 Å². The number of hydrogen-bond donors (Lipinski definition) is 1. The van der Waals surface area contributed by atoms with Crippen molar-refractivity contribution in [3.63, 3.8) is 0 Å². The number of aromatic nitrogens is 3. The van der Waals surface area contributed by atoms with E-state index in [-0.39, 0.29) is 0 Å². The monoisotopic (exact) mass is 327 g/mol. The minimum Gasteiger partial charge on any atom is -0.497 e. The van der Waals surface area contributed by atoms with Crippen molar-refractivity contribution >= 4 is 12.2 Å². The van der Waals surface area contributed by atoms with Crippen molar-refractivity contribution in [2.24, 2.45) is 0 Å². The highest BCUT2D eigenvalue weighted by Crippen LogP contribution is 2.24. The van der Waals surface area contributed by atoms with E-state index in [9.17, 15) is 0 Å². The summed E-state index contributed by atoms with van der Waals surface area (Å²) < 4.78 is 13.1. The van der Waals surface area contributed by atoms with E-state index in [0.717, 1.165) is 28.6 Å². The molecule has 3 aromatic rings. The van der Waals surface area contributed by atoms with Crippen LogP contribution < -0.4 is 9.47 Å². The van der Waals surface area contributed by atoms with Crippen molar-refractivity contribution in [3.05, 3.63) is 53.3 Å². The Bertz CT molecular complexity index is 836. The molecular weight excluding hydrogens is 310 g/mol. The van der Waals surface area contributed by atoms with E-state index < -0.39 is 0 Å². The first-order valence-corrected chi connectivity index (χ1v) is 7.69. The molecule has 0 aliphatic carbocycles. The predicted octanol–water partition coefficient (Wildman–Crippen LogP) is 4.00. The van der Waals surface area contributed by atoms with Crippen LogP contribution in [0.1, 0.15) is 6.92 Å². The molecule has 2 aromatic carbocycles. The van der Waals surface area contributed by atoms with Crippen LogP contribution >= 0.6 is 12.2 Å². The molecule has 0 bridgehead atoms. The standard InChI is InChI=1S/C17H17N3O2S/c1-3-22-15-10-6-13(7-11-15)20-16(18-19-17(20)23)12-4-8-14(21-2)9-5-12/h4-11H,3H2,1-2H3,(H,19,23). The molecule has 1 N–H and O–H groups in total. The van der Waals surface area contributed by atoms with Crippen LogP contribution in [0.25, 0.3) is 17.1 Å². The molecule has 0 fully saturated rings. The molecule has 5 nitrogen and oxygen atoms in total. The first-order chi connectivity index (χ1) is 11.2. The van der Waals surface area contributed by atoms with Gasteiger partial charge in [0.2, 0.25) is 0 Å². The molecule has 6 heteroatoms. The average molecular weight is 327 g/mol. The van der Waals surface area contributed by atoms with E-state index in [4.69, 9.17) is 21.7 Å². The molecule has 23 heavy (non-hydrogen) atoms. The van der Waals surface area contributed by atoms with Gasteiger partial charge in [-0.1, -0.05) is 0 Å². The van der Waals surface area contributed by atoms with Crippen LogP contribution in [-0.4, -0.2) is 28.5 Å². The van der Waals surface area contributed by atoms with Gasteiger partial charge < -0.3 is 9.47 Å². The van der Waals surface area contributed by atoms with Gasteiger partial charge in [0.1, 0.15) is 11.5 Å². The summed E-state index contributed by atoms with van der Waals surface area (Å²) in [6.45, 7) is 2.60. The van der Waals surface area contributed by atoms with Crippen LogP contribution in [0.15, 0.2) is 48.5 Å². The number of nitrogens with one attached hydrogen (secondary N) is 1. The maximum Gasteiger partial charge on any atom is 0.200 e. The molecule has 0 aliphatic rings. The summed E-state index contributed by atoms with van der Waals surface area (Å²) in [7, 11) is 1.64. The average Bonchev–Trinajstić information content (AvgIpc) is 2.98. The minimum absolute atomic E-state index is 0.542. The first-order valence-electron chi connectivity index (χ1n) is 7.28. The van der Waals surface area contributed by atoms with Crippen LogP contribution in [0, 0.1) is 4.77 Å². The molecule has 0 saturated carbocycles. The third-order valence-corrected chi connectivity index (χ3v) is 3.70. The molecule has 1 aromatic heterocycles. The summed E-state index contributed by atoms with van der Waals surface area (Å²) in [4.78, 5) is 0. The SMILES string of the molecule is CCOc1ccc(-n2c(-c3ccc(OC)cc3)n[nH]c2=S)cc1. The number of ether oxygens (including phenoxy) is 2. The molecule has 3 rings (SSSR count). The highest BCUT2D eigenvalue weighted by Gasteiger charge is 2.11. The number of nitrogens with zero attached hydrogens (tertiary/aromatic N) is 2. The Kier molecular flexibility index (Phi) is 4.43. The zero-order chi connectivity index (χ0) is 16.2. The number of benzene rings is 2. The Morgan fingerprint density at radius 3 is 2.30 bits per heavy atom. The highest BCUT2D eigenvalue weighted by molar-refractivity contribution is 7.71. The number of rotatable bonds is 5. The number of methoxy groups -OCH3 is 1. The summed E-state index contributed by atoms with van der Waals surface area (Å²) in [6, 6.07) is 15.5. The lowest BCUT2D eigenvalue weighted by atomic mass is 10.2. The zero-order valence-corrected chi connectivity index (χ0v) is 13.8.